The Labute approximate surface area is 294 Å². The van der Waals surface area contributed by atoms with Gasteiger partial charge in [-0.15, -0.1) is 11.3 Å². The highest BCUT2D eigenvalue weighted by Gasteiger charge is 2.20. The van der Waals surface area contributed by atoms with E-state index < -0.39 is 0 Å². The van der Waals surface area contributed by atoms with Crippen LogP contribution in [0.3, 0.4) is 0 Å². The Kier molecular flexibility index (Phi) is 6.02. The first-order chi connectivity index (χ1) is 25.2. The zero-order valence-electron chi connectivity index (χ0n) is 26.9. The molecule has 0 unspecified atom stereocenters. The molecule has 0 aliphatic carbocycles. The summed E-state index contributed by atoms with van der Waals surface area (Å²) in [5.74, 6) is 2.42. The van der Waals surface area contributed by atoms with Crippen LogP contribution >= 0.6 is 11.3 Å². The Bertz CT molecular complexity index is 3150. The Morgan fingerprint density at radius 2 is 0.980 bits per heavy atom. The second kappa shape index (κ2) is 10.9. The second-order valence-corrected chi connectivity index (χ2v) is 13.7. The predicted molar refractivity (Wildman–Crippen MR) is 207 cm³/mol. The lowest BCUT2D eigenvalue weighted by Crippen LogP contribution is -2.00. The fraction of sp³-hybridized carbons (Fsp3) is 0. The van der Waals surface area contributed by atoms with Gasteiger partial charge in [-0.3, -0.25) is 0 Å². The monoisotopic (exact) mass is 672 g/mol. The summed E-state index contributed by atoms with van der Waals surface area (Å²) in [6.45, 7) is 0. The van der Waals surface area contributed by atoms with Crippen LogP contribution in [0.15, 0.2) is 154 Å². The maximum absolute atomic E-state index is 6.42. The molecule has 51 heavy (non-hydrogen) atoms. The van der Waals surface area contributed by atoms with Gasteiger partial charge in [0.2, 0.25) is 5.89 Å². The molecule has 0 bridgehead atoms. The average molecular weight is 673 g/mol. The molecular formula is C44H24N4O2S. The van der Waals surface area contributed by atoms with E-state index in [1.54, 1.807) is 11.3 Å². The first-order valence-corrected chi connectivity index (χ1v) is 17.5. The van der Waals surface area contributed by atoms with Crippen molar-refractivity contribution in [2.24, 2.45) is 0 Å². The normalized spacial score (nSPS) is 11.9. The molecule has 11 aromatic rings. The summed E-state index contributed by atoms with van der Waals surface area (Å²) in [4.78, 5) is 20.2. The van der Waals surface area contributed by atoms with Gasteiger partial charge in [0.15, 0.2) is 23.1 Å². The first-order valence-electron chi connectivity index (χ1n) is 16.7. The third-order valence-electron chi connectivity index (χ3n) is 9.56. The van der Waals surface area contributed by atoms with Crippen molar-refractivity contribution in [3.63, 3.8) is 0 Å². The van der Waals surface area contributed by atoms with Crippen LogP contribution in [0.4, 0.5) is 0 Å². The van der Waals surface area contributed by atoms with Gasteiger partial charge in [-0.25, -0.2) is 19.9 Å². The van der Waals surface area contributed by atoms with Crippen molar-refractivity contribution in [1.29, 1.82) is 0 Å². The summed E-state index contributed by atoms with van der Waals surface area (Å²) in [7, 11) is 0. The van der Waals surface area contributed by atoms with E-state index in [0.29, 0.717) is 28.9 Å². The van der Waals surface area contributed by atoms with Gasteiger partial charge < -0.3 is 8.83 Å². The highest BCUT2D eigenvalue weighted by atomic mass is 32.1. The van der Waals surface area contributed by atoms with Gasteiger partial charge in [0, 0.05) is 47.8 Å². The molecule has 0 amide bonds. The van der Waals surface area contributed by atoms with Crippen molar-refractivity contribution in [1.82, 2.24) is 19.9 Å². The molecule has 4 heterocycles. The van der Waals surface area contributed by atoms with Gasteiger partial charge in [-0.2, -0.15) is 0 Å². The molecule has 0 aliphatic heterocycles. The van der Waals surface area contributed by atoms with E-state index in [1.165, 1.54) is 20.2 Å². The summed E-state index contributed by atoms with van der Waals surface area (Å²) < 4.78 is 15.2. The molecule has 0 aliphatic rings. The predicted octanol–water partition coefficient (Wildman–Crippen LogP) is 12.1. The average Bonchev–Trinajstić information content (AvgIpc) is 3.91. The standard InChI is InChI=1S/C44H24N4O2S/c1-3-9-26(10-4-1)41-46-42(48-43(47-41)29-18-22-37-32(24-29)30-13-7-8-14-36(30)51-37)28-16-15-25-17-19-33-38(31(25)23-28)39-34(49-33)20-21-35-40(39)45-44(50-35)27-11-5-2-6-12-27/h1-24H. The topological polar surface area (TPSA) is 77.8 Å². The van der Waals surface area contributed by atoms with E-state index in [1.807, 2.05) is 78.9 Å². The maximum atomic E-state index is 6.42. The van der Waals surface area contributed by atoms with Crippen molar-refractivity contribution in [2.45, 2.75) is 0 Å². The summed E-state index contributed by atoms with van der Waals surface area (Å²) in [6, 6.07) is 49.4. The van der Waals surface area contributed by atoms with Crippen molar-refractivity contribution in [2.75, 3.05) is 0 Å². The molecule has 238 valence electrons. The smallest absolute Gasteiger partial charge is 0.227 e. The van der Waals surface area contributed by atoms with E-state index in [-0.39, 0.29) is 0 Å². The van der Waals surface area contributed by atoms with Crippen LogP contribution in [-0.4, -0.2) is 19.9 Å². The summed E-state index contributed by atoms with van der Waals surface area (Å²) >= 11 is 1.80. The molecule has 0 radical (unpaired) electrons. The van der Waals surface area contributed by atoms with E-state index in [2.05, 4.69) is 66.7 Å². The SMILES string of the molecule is c1ccc(-c2nc(-c3ccc4sc5ccccc5c4c3)nc(-c3ccc4ccc5oc6ccc7oc(-c8ccccc8)nc7c6c5c4c3)n2)cc1. The number of thiophene rings is 1. The molecule has 4 aromatic heterocycles. The van der Waals surface area contributed by atoms with Crippen LogP contribution in [0.1, 0.15) is 0 Å². The Balaban J connectivity index is 1.13. The van der Waals surface area contributed by atoms with Gasteiger partial charge in [0.05, 0.1) is 5.39 Å². The van der Waals surface area contributed by atoms with Gasteiger partial charge >= 0.3 is 0 Å². The van der Waals surface area contributed by atoms with Gasteiger partial charge in [0.25, 0.3) is 0 Å². The molecule has 7 heteroatoms. The summed E-state index contributed by atoms with van der Waals surface area (Å²) in [5.41, 5.74) is 6.69. The minimum atomic E-state index is 0.577. The molecule has 0 atom stereocenters. The minimum absolute atomic E-state index is 0.577. The van der Waals surface area contributed by atoms with Crippen LogP contribution in [-0.2, 0) is 0 Å². The first kappa shape index (κ1) is 28.2. The van der Waals surface area contributed by atoms with E-state index in [9.17, 15) is 0 Å². The number of aromatic nitrogens is 4. The van der Waals surface area contributed by atoms with Crippen LogP contribution in [0.5, 0.6) is 0 Å². The summed E-state index contributed by atoms with van der Waals surface area (Å²) in [5, 5.41) is 6.44. The zero-order valence-corrected chi connectivity index (χ0v) is 27.7. The number of rotatable bonds is 4. The maximum Gasteiger partial charge on any atom is 0.227 e. The third kappa shape index (κ3) is 4.49. The Hall–Kier alpha value is -6.70. The molecule has 6 nitrogen and oxygen atoms in total. The molecular weight excluding hydrogens is 649 g/mol. The van der Waals surface area contributed by atoms with Crippen molar-refractivity contribution < 1.29 is 8.83 Å². The molecule has 7 aromatic carbocycles. The third-order valence-corrected chi connectivity index (χ3v) is 10.7. The van der Waals surface area contributed by atoms with Crippen LogP contribution < -0.4 is 0 Å². The van der Waals surface area contributed by atoms with Crippen LogP contribution in [0, 0.1) is 0 Å². The number of hydrogen-bond acceptors (Lipinski definition) is 7. The Morgan fingerprint density at radius 3 is 1.78 bits per heavy atom. The number of nitrogens with zero attached hydrogens (tertiary/aromatic N) is 4. The number of furan rings is 1. The highest BCUT2D eigenvalue weighted by Crippen LogP contribution is 2.41. The largest absolute Gasteiger partial charge is 0.456 e. The van der Waals surface area contributed by atoms with E-state index in [4.69, 9.17) is 28.8 Å². The zero-order chi connectivity index (χ0) is 33.5. The van der Waals surface area contributed by atoms with Crippen molar-refractivity contribution in [3.05, 3.63) is 146 Å². The fourth-order valence-electron chi connectivity index (χ4n) is 7.12. The fourth-order valence-corrected chi connectivity index (χ4v) is 8.21. The van der Waals surface area contributed by atoms with Gasteiger partial charge in [-0.1, -0.05) is 84.9 Å². The molecule has 11 rings (SSSR count). The lowest BCUT2D eigenvalue weighted by Gasteiger charge is -2.10. The molecule has 0 saturated carbocycles. The lowest BCUT2D eigenvalue weighted by molar-refractivity contribution is 0.619. The minimum Gasteiger partial charge on any atom is -0.456 e. The quantitative estimate of drug-likeness (QED) is 0.185. The van der Waals surface area contributed by atoms with E-state index >= 15 is 0 Å². The number of hydrogen-bond donors (Lipinski definition) is 0. The molecule has 0 spiro atoms. The molecule has 0 fully saturated rings. The number of fused-ring (bicyclic) bond motifs is 10. The Morgan fingerprint density at radius 1 is 0.392 bits per heavy atom. The van der Waals surface area contributed by atoms with Gasteiger partial charge in [-0.05, 0) is 71.4 Å². The lowest BCUT2D eigenvalue weighted by atomic mass is 10.0. The van der Waals surface area contributed by atoms with Crippen LogP contribution in [0.25, 0.3) is 110 Å². The van der Waals surface area contributed by atoms with Crippen molar-refractivity contribution >= 4 is 75.3 Å². The van der Waals surface area contributed by atoms with Crippen molar-refractivity contribution in [3.8, 4) is 45.6 Å². The summed E-state index contributed by atoms with van der Waals surface area (Å²) in [6.07, 6.45) is 0. The van der Waals surface area contributed by atoms with Gasteiger partial charge in [0.1, 0.15) is 16.7 Å². The van der Waals surface area contributed by atoms with Crippen LogP contribution in [0.2, 0.25) is 0 Å². The number of oxazole rings is 1. The highest BCUT2D eigenvalue weighted by molar-refractivity contribution is 7.25. The van der Waals surface area contributed by atoms with E-state index in [0.717, 1.165) is 60.5 Å². The second-order valence-electron chi connectivity index (χ2n) is 12.6. The molecule has 0 N–H and O–H groups in total. The number of benzene rings is 7. The molecule has 0 saturated heterocycles.